The molecule has 1 aromatic carbocycles. The van der Waals surface area contributed by atoms with E-state index in [1.165, 1.54) is 6.07 Å². The highest BCUT2D eigenvalue weighted by Crippen LogP contribution is 2.12. The zero-order valence-corrected chi connectivity index (χ0v) is 13.4. The van der Waals surface area contributed by atoms with Crippen molar-refractivity contribution in [3.63, 3.8) is 0 Å². The van der Waals surface area contributed by atoms with E-state index in [2.05, 4.69) is 15.3 Å². The van der Waals surface area contributed by atoms with Crippen LogP contribution in [0.25, 0.3) is 0 Å². The largest absolute Gasteiger partial charge is 0.311 e. The van der Waals surface area contributed by atoms with Gasteiger partial charge in [0.25, 0.3) is 5.56 Å². The molecule has 23 heavy (non-hydrogen) atoms. The second-order valence-electron chi connectivity index (χ2n) is 5.49. The van der Waals surface area contributed by atoms with Crippen LogP contribution >= 0.6 is 0 Å². The number of rotatable bonds is 5. The molecule has 2 rings (SSSR count). The van der Waals surface area contributed by atoms with E-state index in [4.69, 9.17) is 0 Å². The molecule has 0 aliphatic carbocycles. The van der Waals surface area contributed by atoms with E-state index >= 15 is 0 Å². The Morgan fingerprint density at radius 2 is 1.83 bits per heavy atom. The number of nitrogens with one attached hydrogen (secondary N) is 2. The highest BCUT2D eigenvalue weighted by molar-refractivity contribution is 5.99. The number of amides is 1. The van der Waals surface area contributed by atoms with Crippen molar-refractivity contribution in [2.75, 3.05) is 5.32 Å². The average molecular weight is 313 g/mol. The van der Waals surface area contributed by atoms with Crippen molar-refractivity contribution in [3.05, 3.63) is 57.1 Å². The predicted octanol–water partition coefficient (Wildman–Crippen LogP) is 2.30. The normalized spacial score (nSPS) is 10.4. The number of carbonyl (C=O) groups is 2. The lowest BCUT2D eigenvalue weighted by Crippen LogP contribution is -2.18. The molecule has 0 spiro atoms. The molecule has 120 valence electrons. The molecule has 2 aromatic rings. The van der Waals surface area contributed by atoms with E-state index in [9.17, 15) is 14.4 Å². The van der Waals surface area contributed by atoms with Crippen LogP contribution in [-0.2, 0) is 4.79 Å². The van der Waals surface area contributed by atoms with Crippen molar-refractivity contribution >= 4 is 17.5 Å². The summed E-state index contributed by atoms with van der Waals surface area (Å²) in [7, 11) is 0. The summed E-state index contributed by atoms with van der Waals surface area (Å²) in [5.41, 5.74) is 2.43. The van der Waals surface area contributed by atoms with Crippen molar-refractivity contribution in [1.29, 1.82) is 0 Å². The van der Waals surface area contributed by atoms with Gasteiger partial charge in [0.15, 0.2) is 5.78 Å². The molecule has 0 saturated carbocycles. The fraction of sp³-hybridized carbons (Fsp3) is 0.294. The number of nitrogens with zero attached hydrogens (tertiary/aromatic N) is 1. The fourth-order valence-electron chi connectivity index (χ4n) is 2.14. The summed E-state index contributed by atoms with van der Waals surface area (Å²) in [6.07, 6.45) is 0.149. The monoisotopic (exact) mass is 313 g/mol. The number of ketones is 1. The molecule has 1 heterocycles. The molecule has 0 saturated heterocycles. The number of hydrogen-bond acceptors (Lipinski definition) is 4. The zero-order valence-electron chi connectivity index (χ0n) is 13.4. The van der Waals surface area contributed by atoms with E-state index in [1.807, 2.05) is 26.0 Å². The van der Waals surface area contributed by atoms with Crippen LogP contribution in [0, 0.1) is 20.8 Å². The number of hydrogen-bond donors (Lipinski definition) is 2. The molecular weight excluding hydrogens is 294 g/mol. The van der Waals surface area contributed by atoms with Gasteiger partial charge in [-0.1, -0.05) is 12.1 Å². The molecule has 2 N–H and O–H groups in total. The highest BCUT2D eigenvalue weighted by atomic mass is 16.2. The number of Topliss-reactive ketones (excluding diaryl/α,β-unsaturated/α-hetero) is 1. The molecule has 1 aromatic heterocycles. The number of aromatic amines is 1. The predicted molar refractivity (Wildman–Crippen MR) is 87.7 cm³/mol. The summed E-state index contributed by atoms with van der Waals surface area (Å²) in [5.74, 6) is 0.173. The third-order valence-electron chi connectivity index (χ3n) is 3.54. The summed E-state index contributed by atoms with van der Waals surface area (Å²) >= 11 is 0. The van der Waals surface area contributed by atoms with Gasteiger partial charge in [-0.2, -0.15) is 0 Å². The molecule has 0 bridgehead atoms. The first-order valence-corrected chi connectivity index (χ1v) is 7.33. The third-order valence-corrected chi connectivity index (χ3v) is 3.54. The summed E-state index contributed by atoms with van der Waals surface area (Å²) in [5, 5.41) is 2.53. The molecule has 6 nitrogen and oxygen atoms in total. The Morgan fingerprint density at radius 1 is 1.09 bits per heavy atom. The molecule has 1 amide bonds. The van der Waals surface area contributed by atoms with Gasteiger partial charge in [0.05, 0.1) is 0 Å². The molecule has 0 aliphatic heterocycles. The lowest BCUT2D eigenvalue weighted by molar-refractivity contribution is -0.116. The van der Waals surface area contributed by atoms with E-state index in [0.29, 0.717) is 11.4 Å². The second kappa shape index (κ2) is 7.00. The quantitative estimate of drug-likeness (QED) is 0.828. The summed E-state index contributed by atoms with van der Waals surface area (Å²) < 4.78 is 0. The lowest BCUT2D eigenvalue weighted by atomic mass is 10.0. The van der Waals surface area contributed by atoms with Crippen LogP contribution in [0.5, 0.6) is 0 Å². The van der Waals surface area contributed by atoms with E-state index in [0.717, 1.165) is 11.1 Å². The van der Waals surface area contributed by atoms with Gasteiger partial charge in [0, 0.05) is 24.5 Å². The molecule has 0 radical (unpaired) electrons. The fourth-order valence-corrected chi connectivity index (χ4v) is 2.14. The lowest BCUT2D eigenvalue weighted by Gasteiger charge is -2.06. The van der Waals surface area contributed by atoms with E-state index in [1.54, 1.807) is 13.0 Å². The Bertz CT molecular complexity index is 809. The smallest absolute Gasteiger partial charge is 0.252 e. The minimum Gasteiger partial charge on any atom is -0.311 e. The first-order valence-electron chi connectivity index (χ1n) is 7.33. The first-order chi connectivity index (χ1) is 10.8. The standard InChI is InChI=1S/C17H19N3O3/c1-10-4-5-13(8-11(10)2)14(21)6-7-16(22)20-15-9-17(23)19-12(3)18-15/h4-5,8-9H,6-7H2,1-3H3,(H2,18,19,20,22,23). The summed E-state index contributed by atoms with van der Waals surface area (Å²) in [6, 6.07) is 6.70. The van der Waals surface area contributed by atoms with Crippen LogP contribution in [0.4, 0.5) is 5.82 Å². The minimum absolute atomic E-state index is 0.0410. The van der Waals surface area contributed by atoms with Gasteiger partial charge in [0.2, 0.25) is 5.91 Å². The van der Waals surface area contributed by atoms with Crippen molar-refractivity contribution in [2.45, 2.75) is 33.6 Å². The number of benzene rings is 1. The highest BCUT2D eigenvalue weighted by Gasteiger charge is 2.11. The molecule has 0 aliphatic rings. The number of H-pyrrole nitrogens is 1. The molecule has 6 heteroatoms. The van der Waals surface area contributed by atoms with Crippen LogP contribution < -0.4 is 10.9 Å². The van der Waals surface area contributed by atoms with E-state index in [-0.39, 0.29) is 35.9 Å². The number of carbonyl (C=O) groups excluding carboxylic acids is 2. The van der Waals surface area contributed by atoms with Crippen LogP contribution in [0.2, 0.25) is 0 Å². The van der Waals surface area contributed by atoms with Crippen LogP contribution in [0.1, 0.15) is 40.2 Å². The molecule has 0 unspecified atom stereocenters. The molecular formula is C17H19N3O3. The Morgan fingerprint density at radius 3 is 2.48 bits per heavy atom. The Balaban J connectivity index is 1.94. The molecule has 0 atom stereocenters. The van der Waals surface area contributed by atoms with Crippen molar-refractivity contribution in [3.8, 4) is 0 Å². The maximum atomic E-state index is 12.1. The second-order valence-corrected chi connectivity index (χ2v) is 5.49. The van der Waals surface area contributed by atoms with Gasteiger partial charge in [0.1, 0.15) is 11.6 Å². The Kier molecular flexibility index (Phi) is 5.05. The maximum absolute atomic E-state index is 12.1. The van der Waals surface area contributed by atoms with Gasteiger partial charge in [-0.15, -0.1) is 0 Å². The van der Waals surface area contributed by atoms with Gasteiger partial charge in [-0.25, -0.2) is 4.98 Å². The number of anilines is 1. The zero-order chi connectivity index (χ0) is 17.0. The number of aryl methyl sites for hydroxylation is 3. The van der Waals surface area contributed by atoms with Crippen LogP contribution in [-0.4, -0.2) is 21.7 Å². The Hall–Kier alpha value is -2.76. The first kappa shape index (κ1) is 16.6. The maximum Gasteiger partial charge on any atom is 0.252 e. The topological polar surface area (TPSA) is 91.9 Å². The van der Waals surface area contributed by atoms with Gasteiger partial charge >= 0.3 is 0 Å². The van der Waals surface area contributed by atoms with Crippen molar-refractivity contribution in [2.24, 2.45) is 0 Å². The number of aromatic nitrogens is 2. The van der Waals surface area contributed by atoms with Gasteiger partial charge in [-0.05, 0) is 38.0 Å². The van der Waals surface area contributed by atoms with Crippen molar-refractivity contribution in [1.82, 2.24) is 9.97 Å². The van der Waals surface area contributed by atoms with Crippen LogP contribution in [0.15, 0.2) is 29.1 Å². The van der Waals surface area contributed by atoms with Crippen molar-refractivity contribution < 1.29 is 9.59 Å². The van der Waals surface area contributed by atoms with Crippen LogP contribution in [0.3, 0.4) is 0 Å². The van der Waals surface area contributed by atoms with E-state index < -0.39 is 0 Å². The molecule has 0 fully saturated rings. The van der Waals surface area contributed by atoms with Gasteiger partial charge in [-0.3, -0.25) is 14.4 Å². The third kappa shape index (κ3) is 4.60. The summed E-state index contributed by atoms with van der Waals surface area (Å²) in [4.78, 5) is 41.8. The summed E-state index contributed by atoms with van der Waals surface area (Å²) in [6.45, 7) is 5.55. The van der Waals surface area contributed by atoms with Gasteiger partial charge < -0.3 is 10.3 Å². The average Bonchev–Trinajstić information content (AvgIpc) is 2.46. The SMILES string of the molecule is Cc1nc(NC(=O)CCC(=O)c2ccc(C)c(C)c2)cc(=O)[nH]1. The minimum atomic E-state index is -0.348. The Labute approximate surface area is 134 Å².